The van der Waals surface area contributed by atoms with Crippen LogP contribution in [0.3, 0.4) is 0 Å². The number of nitrogens with zero attached hydrogens (tertiary/aromatic N) is 1. The van der Waals surface area contributed by atoms with Gasteiger partial charge >= 0.3 is 0 Å². The summed E-state index contributed by atoms with van der Waals surface area (Å²) in [5.74, 6) is 0.796. The van der Waals surface area contributed by atoms with Gasteiger partial charge in [0.25, 0.3) is 0 Å². The van der Waals surface area contributed by atoms with Gasteiger partial charge in [0.15, 0.2) is 0 Å². The van der Waals surface area contributed by atoms with Crippen molar-refractivity contribution in [3.05, 3.63) is 11.6 Å². The van der Waals surface area contributed by atoms with E-state index in [1.54, 1.807) is 0 Å². The van der Waals surface area contributed by atoms with E-state index in [0.717, 1.165) is 5.92 Å². The largest absolute Gasteiger partial charge is 0.316 e. The summed E-state index contributed by atoms with van der Waals surface area (Å²) in [6.45, 7) is 13.1. The molecule has 0 saturated carbocycles. The Morgan fingerprint density at radius 1 is 1.26 bits per heavy atom. The molecule has 2 nitrogen and oxygen atoms in total. The lowest BCUT2D eigenvalue weighted by molar-refractivity contribution is 0.225. The summed E-state index contributed by atoms with van der Waals surface area (Å²) in [5.41, 5.74) is 1.52. The van der Waals surface area contributed by atoms with Crippen molar-refractivity contribution >= 4 is 0 Å². The van der Waals surface area contributed by atoms with Gasteiger partial charge in [-0.2, -0.15) is 0 Å². The smallest absolute Gasteiger partial charge is 0.000664 e. The van der Waals surface area contributed by atoms with Crippen molar-refractivity contribution in [1.29, 1.82) is 0 Å². The molecule has 112 valence electrons. The molecular formula is C17H34N2. The number of rotatable bonds is 9. The summed E-state index contributed by atoms with van der Waals surface area (Å²) < 4.78 is 0. The zero-order valence-electron chi connectivity index (χ0n) is 13.4. The van der Waals surface area contributed by atoms with Crippen LogP contribution in [0.2, 0.25) is 0 Å². The highest BCUT2D eigenvalue weighted by Crippen LogP contribution is 2.11. The highest BCUT2D eigenvalue weighted by atomic mass is 15.1. The lowest BCUT2D eigenvalue weighted by atomic mass is 10.0. The number of piperidine rings is 1. The van der Waals surface area contributed by atoms with Crippen LogP contribution < -0.4 is 5.32 Å². The van der Waals surface area contributed by atoms with Crippen LogP contribution in [0.25, 0.3) is 0 Å². The topological polar surface area (TPSA) is 15.3 Å². The summed E-state index contributed by atoms with van der Waals surface area (Å²) in [7, 11) is 0. The van der Waals surface area contributed by atoms with Crippen LogP contribution in [0.4, 0.5) is 0 Å². The van der Waals surface area contributed by atoms with Gasteiger partial charge in [-0.05, 0) is 84.6 Å². The highest BCUT2D eigenvalue weighted by molar-refractivity contribution is 4.95. The predicted molar refractivity (Wildman–Crippen MR) is 85.6 cm³/mol. The third-order valence-corrected chi connectivity index (χ3v) is 4.29. The molecule has 19 heavy (non-hydrogen) atoms. The lowest BCUT2D eigenvalue weighted by Gasteiger charge is -2.26. The van der Waals surface area contributed by atoms with Crippen molar-refractivity contribution in [2.75, 3.05) is 32.7 Å². The van der Waals surface area contributed by atoms with E-state index in [1.165, 1.54) is 76.8 Å². The predicted octanol–water partition coefficient (Wildman–Crippen LogP) is 3.83. The first-order chi connectivity index (χ1) is 9.22. The Labute approximate surface area is 120 Å². The Kier molecular flexibility index (Phi) is 9.19. The highest BCUT2D eigenvalue weighted by Gasteiger charge is 2.08. The van der Waals surface area contributed by atoms with E-state index >= 15 is 0 Å². The molecule has 2 heteroatoms. The minimum Gasteiger partial charge on any atom is -0.316 e. The van der Waals surface area contributed by atoms with E-state index in [9.17, 15) is 0 Å². The first-order valence-corrected chi connectivity index (χ1v) is 8.27. The standard InChI is InChI=1S/C17H34N2/c1-4-16(2)9-10-17(3)15-18-11-8-14-19-12-6-5-7-13-19/h4,17-18H,5-15H2,1-3H3/b16-4-. The Morgan fingerprint density at radius 2 is 2.00 bits per heavy atom. The van der Waals surface area contributed by atoms with Gasteiger partial charge in [0.1, 0.15) is 0 Å². The number of allylic oxidation sites excluding steroid dienone is 2. The van der Waals surface area contributed by atoms with Gasteiger partial charge in [-0.15, -0.1) is 0 Å². The number of hydrogen-bond donors (Lipinski definition) is 1. The maximum atomic E-state index is 3.62. The fourth-order valence-electron chi connectivity index (χ4n) is 2.68. The molecule has 1 fully saturated rings. The van der Waals surface area contributed by atoms with Crippen LogP contribution in [-0.4, -0.2) is 37.6 Å². The fraction of sp³-hybridized carbons (Fsp3) is 0.882. The molecule has 0 bridgehead atoms. The molecule has 1 aliphatic rings. The second-order valence-electron chi connectivity index (χ2n) is 6.24. The van der Waals surface area contributed by atoms with E-state index in [0.29, 0.717) is 0 Å². The zero-order chi connectivity index (χ0) is 13.9. The van der Waals surface area contributed by atoms with Gasteiger partial charge < -0.3 is 10.2 Å². The zero-order valence-corrected chi connectivity index (χ0v) is 13.4. The minimum absolute atomic E-state index is 0.796. The van der Waals surface area contributed by atoms with Crippen LogP contribution >= 0.6 is 0 Å². The van der Waals surface area contributed by atoms with Crippen molar-refractivity contribution in [1.82, 2.24) is 10.2 Å². The minimum atomic E-state index is 0.796. The molecule has 0 aromatic carbocycles. The third-order valence-electron chi connectivity index (χ3n) is 4.29. The van der Waals surface area contributed by atoms with Crippen LogP contribution in [0, 0.1) is 5.92 Å². The molecule has 0 aromatic heterocycles. The Bertz CT molecular complexity index is 242. The summed E-state index contributed by atoms with van der Waals surface area (Å²) in [6.07, 6.45) is 10.4. The monoisotopic (exact) mass is 266 g/mol. The van der Waals surface area contributed by atoms with E-state index < -0.39 is 0 Å². The van der Waals surface area contributed by atoms with E-state index in [1.807, 2.05) is 0 Å². The van der Waals surface area contributed by atoms with Gasteiger partial charge in [0.05, 0.1) is 0 Å². The van der Waals surface area contributed by atoms with Crippen molar-refractivity contribution in [3.8, 4) is 0 Å². The molecule has 1 rings (SSSR count). The van der Waals surface area contributed by atoms with Crippen LogP contribution in [-0.2, 0) is 0 Å². The summed E-state index contributed by atoms with van der Waals surface area (Å²) in [6, 6.07) is 0. The first kappa shape index (κ1) is 16.7. The average Bonchev–Trinajstić information content (AvgIpc) is 2.45. The molecule has 1 aliphatic heterocycles. The van der Waals surface area contributed by atoms with E-state index in [4.69, 9.17) is 0 Å². The summed E-state index contributed by atoms with van der Waals surface area (Å²) in [5, 5.41) is 3.62. The molecule has 1 atom stereocenters. The van der Waals surface area contributed by atoms with Crippen molar-refractivity contribution in [2.24, 2.45) is 5.92 Å². The molecule has 0 aromatic rings. The van der Waals surface area contributed by atoms with Gasteiger partial charge in [-0.25, -0.2) is 0 Å². The van der Waals surface area contributed by atoms with Gasteiger partial charge in [0, 0.05) is 0 Å². The second-order valence-corrected chi connectivity index (χ2v) is 6.24. The number of nitrogens with one attached hydrogen (secondary N) is 1. The number of hydrogen-bond acceptors (Lipinski definition) is 2. The van der Waals surface area contributed by atoms with E-state index in [-0.39, 0.29) is 0 Å². The Morgan fingerprint density at radius 3 is 2.68 bits per heavy atom. The van der Waals surface area contributed by atoms with Crippen LogP contribution in [0.1, 0.15) is 59.3 Å². The molecule has 0 spiro atoms. The SMILES string of the molecule is C/C=C(/C)CCC(C)CNCCCN1CCCCC1. The molecular weight excluding hydrogens is 232 g/mol. The normalized spacial score (nSPS) is 19.6. The molecule has 1 N–H and O–H groups in total. The van der Waals surface area contributed by atoms with Crippen molar-refractivity contribution in [3.63, 3.8) is 0 Å². The first-order valence-electron chi connectivity index (χ1n) is 8.27. The summed E-state index contributed by atoms with van der Waals surface area (Å²) >= 11 is 0. The molecule has 1 unspecified atom stereocenters. The average molecular weight is 266 g/mol. The maximum absolute atomic E-state index is 3.62. The Balaban J connectivity index is 1.92. The number of likely N-dealkylation sites (tertiary alicyclic amines) is 1. The summed E-state index contributed by atoms with van der Waals surface area (Å²) in [4.78, 5) is 2.63. The maximum Gasteiger partial charge on any atom is -0.000664 e. The molecule has 1 heterocycles. The Hall–Kier alpha value is -0.340. The molecule has 0 aliphatic carbocycles. The molecule has 0 radical (unpaired) electrons. The third kappa shape index (κ3) is 8.43. The van der Waals surface area contributed by atoms with Crippen molar-refractivity contribution in [2.45, 2.75) is 59.3 Å². The van der Waals surface area contributed by atoms with Crippen molar-refractivity contribution < 1.29 is 0 Å². The fourth-order valence-corrected chi connectivity index (χ4v) is 2.68. The lowest BCUT2D eigenvalue weighted by Crippen LogP contribution is -2.32. The van der Waals surface area contributed by atoms with Gasteiger partial charge in [-0.3, -0.25) is 0 Å². The second kappa shape index (κ2) is 10.4. The van der Waals surface area contributed by atoms with Gasteiger partial charge in [0.2, 0.25) is 0 Å². The molecule has 1 saturated heterocycles. The van der Waals surface area contributed by atoms with Crippen LogP contribution in [0.5, 0.6) is 0 Å². The molecule has 0 amide bonds. The van der Waals surface area contributed by atoms with Gasteiger partial charge in [-0.1, -0.05) is 25.0 Å². The van der Waals surface area contributed by atoms with E-state index in [2.05, 4.69) is 37.1 Å². The quantitative estimate of drug-likeness (QED) is 0.504. The van der Waals surface area contributed by atoms with Crippen LogP contribution in [0.15, 0.2) is 11.6 Å².